The molecule has 0 bridgehead atoms. The Morgan fingerprint density at radius 3 is 2.31 bits per heavy atom. The molecule has 0 heterocycles. The minimum Gasteiger partial charge on any atom is -0.483 e. The molecule has 0 fully saturated rings. The number of ether oxygens (including phenoxy) is 1. The summed E-state index contributed by atoms with van der Waals surface area (Å²) in [6.45, 7) is -0.439. The largest absolute Gasteiger partial charge is 0.483 e. The van der Waals surface area contributed by atoms with Crippen LogP contribution in [0.2, 0.25) is 0 Å². The van der Waals surface area contributed by atoms with Crippen LogP contribution in [0.25, 0.3) is 0 Å². The average molecular weight is 461 g/mol. The second kappa shape index (κ2) is 9.29. The molecule has 2 amide bonds. The van der Waals surface area contributed by atoms with E-state index >= 15 is 0 Å². The molecule has 29 heavy (non-hydrogen) atoms. The van der Waals surface area contributed by atoms with Gasteiger partial charge >= 0.3 is 0 Å². The highest BCUT2D eigenvalue weighted by molar-refractivity contribution is 9.10. The third-order valence-corrected chi connectivity index (χ3v) is 4.31. The van der Waals surface area contributed by atoms with E-state index in [1.54, 1.807) is 24.3 Å². The summed E-state index contributed by atoms with van der Waals surface area (Å²) in [5.74, 6) is -2.24. The standard InChI is InChI=1S/C21H15BrF2N2O3/c22-13-9-10-18(16(24)11-13)26-21(28)14-5-1-4-8-19(14)29-12-20(27)25-17-7-3-2-6-15(17)23/h1-11H,12H2,(H,25,27)(H,26,28). The lowest BCUT2D eigenvalue weighted by molar-refractivity contribution is -0.118. The van der Waals surface area contributed by atoms with Gasteiger partial charge in [0.25, 0.3) is 11.8 Å². The molecule has 0 spiro atoms. The van der Waals surface area contributed by atoms with Crippen molar-refractivity contribution in [3.8, 4) is 5.75 Å². The van der Waals surface area contributed by atoms with Crippen LogP contribution in [0.4, 0.5) is 20.2 Å². The quantitative estimate of drug-likeness (QED) is 0.543. The summed E-state index contributed by atoms with van der Waals surface area (Å²) in [6, 6.07) is 16.2. The van der Waals surface area contributed by atoms with Gasteiger partial charge in [0.1, 0.15) is 17.4 Å². The molecule has 0 unspecified atom stereocenters. The van der Waals surface area contributed by atoms with E-state index in [4.69, 9.17) is 4.74 Å². The van der Waals surface area contributed by atoms with Crippen LogP contribution in [0.5, 0.6) is 5.75 Å². The van der Waals surface area contributed by atoms with E-state index in [-0.39, 0.29) is 22.7 Å². The first-order valence-electron chi connectivity index (χ1n) is 8.46. The van der Waals surface area contributed by atoms with E-state index in [2.05, 4.69) is 26.6 Å². The molecule has 0 aliphatic carbocycles. The van der Waals surface area contributed by atoms with Crippen molar-refractivity contribution in [2.45, 2.75) is 0 Å². The third kappa shape index (κ3) is 5.39. The lowest BCUT2D eigenvalue weighted by Crippen LogP contribution is -2.22. The number of anilines is 2. The Morgan fingerprint density at radius 2 is 1.55 bits per heavy atom. The first-order valence-corrected chi connectivity index (χ1v) is 9.26. The topological polar surface area (TPSA) is 67.4 Å². The molecule has 148 valence electrons. The summed E-state index contributed by atoms with van der Waals surface area (Å²) in [4.78, 5) is 24.6. The second-order valence-corrected chi connectivity index (χ2v) is 6.81. The smallest absolute Gasteiger partial charge is 0.262 e. The van der Waals surface area contributed by atoms with Crippen LogP contribution in [0, 0.1) is 11.6 Å². The number of carbonyl (C=O) groups is 2. The van der Waals surface area contributed by atoms with Gasteiger partial charge in [-0.1, -0.05) is 40.2 Å². The molecule has 2 N–H and O–H groups in total. The third-order valence-electron chi connectivity index (χ3n) is 3.82. The number of halogens is 3. The van der Waals surface area contributed by atoms with Gasteiger partial charge in [-0.3, -0.25) is 9.59 Å². The molecular weight excluding hydrogens is 446 g/mol. The van der Waals surface area contributed by atoms with Crippen LogP contribution in [0.15, 0.2) is 71.2 Å². The van der Waals surface area contributed by atoms with Crippen LogP contribution in [-0.4, -0.2) is 18.4 Å². The number of nitrogens with one attached hydrogen (secondary N) is 2. The van der Waals surface area contributed by atoms with Gasteiger partial charge in [-0.2, -0.15) is 0 Å². The van der Waals surface area contributed by atoms with Gasteiger partial charge in [0.05, 0.1) is 16.9 Å². The van der Waals surface area contributed by atoms with Crippen molar-refractivity contribution in [2.24, 2.45) is 0 Å². The molecule has 3 aromatic rings. The van der Waals surface area contributed by atoms with E-state index in [1.165, 1.54) is 42.5 Å². The fraction of sp³-hybridized carbons (Fsp3) is 0.0476. The van der Waals surface area contributed by atoms with Crippen molar-refractivity contribution in [2.75, 3.05) is 17.2 Å². The first-order chi connectivity index (χ1) is 13.9. The van der Waals surface area contributed by atoms with Gasteiger partial charge in [0.15, 0.2) is 6.61 Å². The summed E-state index contributed by atoms with van der Waals surface area (Å²) in [5.41, 5.74) is 0.150. The first kappa shape index (κ1) is 20.5. The number of benzene rings is 3. The van der Waals surface area contributed by atoms with Crippen molar-refractivity contribution < 1.29 is 23.1 Å². The number of hydrogen-bond donors (Lipinski definition) is 2. The minimum absolute atomic E-state index is 0.00491. The molecule has 0 radical (unpaired) electrons. The van der Waals surface area contributed by atoms with Gasteiger partial charge in [0.2, 0.25) is 0 Å². The van der Waals surface area contributed by atoms with Gasteiger partial charge in [-0.15, -0.1) is 0 Å². The Balaban J connectivity index is 1.67. The molecule has 5 nitrogen and oxygen atoms in total. The highest BCUT2D eigenvalue weighted by atomic mass is 79.9. The molecule has 3 rings (SSSR count). The highest BCUT2D eigenvalue weighted by Gasteiger charge is 2.16. The molecule has 8 heteroatoms. The highest BCUT2D eigenvalue weighted by Crippen LogP contribution is 2.23. The van der Waals surface area contributed by atoms with Crippen molar-refractivity contribution in [3.05, 3.63) is 88.4 Å². The van der Waals surface area contributed by atoms with E-state index in [1.807, 2.05) is 0 Å². The van der Waals surface area contributed by atoms with Crippen molar-refractivity contribution in [3.63, 3.8) is 0 Å². The summed E-state index contributed by atoms with van der Waals surface area (Å²) in [5, 5.41) is 4.85. The van der Waals surface area contributed by atoms with Crippen LogP contribution in [0.3, 0.4) is 0 Å². The number of para-hydroxylation sites is 2. The van der Waals surface area contributed by atoms with Crippen LogP contribution >= 0.6 is 15.9 Å². The molecule has 0 atom stereocenters. The Labute approximate surface area is 173 Å². The lowest BCUT2D eigenvalue weighted by Gasteiger charge is -2.12. The average Bonchev–Trinajstić information content (AvgIpc) is 2.70. The molecule has 0 aliphatic rings. The molecule has 0 saturated heterocycles. The monoisotopic (exact) mass is 460 g/mol. The number of carbonyl (C=O) groups excluding carboxylic acids is 2. The van der Waals surface area contributed by atoms with Crippen molar-refractivity contribution >= 4 is 39.1 Å². The van der Waals surface area contributed by atoms with Crippen molar-refractivity contribution in [1.82, 2.24) is 0 Å². The summed E-state index contributed by atoms with van der Waals surface area (Å²) < 4.78 is 33.5. The lowest BCUT2D eigenvalue weighted by atomic mass is 10.2. The zero-order chi connectivity index (χ0) is 20.8. The van der Waals surface area contributed by atoms with Crippen LogP contribution in [0.1, 0.15) is 10.4 Å². The second-order valence-electron chi connectivity index (χ2n) is 5.89. The Morgan fingerprint density at radius 1 is 0.862 bits per heavy atom. The summed E-state index contributed by atoms with van der Waals surface area (Å²) in [6.07, 6.45) is 0. The normalized spacial score (nSPS) is 10.3. The number of amides is 2. The van der Waals surface area contributed by atoms with Gasteiger partial charge in [-0.05, 0) is 42.5 Å². The molecular formula is C21H15BrF2N2O3. The fourth-order valence-electron chi connectivity index (χ4n) is 2.45. The van der Waals surface area contributed by atoms with E-state index in [0.717, 1.165) is 0 Å². The maximum absolute atomic E-state index is 14.0. The zero-order valence-corrected chi connectivity index (χ0v) is 16.5. The maximum Gasteiger partial charge on any atom is 0.262 e. The van der Waals surface area contributed by atoms with Crippen LogP contribution < -0.4 is 15.4 Å². The van der Waals surface area contributed by atoms with E-state index in [9.17, 15) is 18.4 Å². The Kier molecular flexibility index (Phi) is 6.56. The number of hydrogen-bond acceptors (Lipinski definition) is 3. The molecule has 3 aromatic carbocycles. The molecule has 0 aliphatic heterocycles. The van der Waals surface area contributed by atoms with Gasteiger partial charge < -0.3 is 15.4 Å². The minimum atomic E-state index is -0.601. The van der Waals surface area contributed by atoms with Crippen molar-refractivity contribution in [1.29, 1.82) is 0 Å². The van der Waals surface area contributed by atoms with E-state index in [0.29, 0.717) is 4.47 Å². The number of rotatable bonds is 6. The summed E-state index contributed by atoms with van der Waals surface area (Å²) in [7, 11) is 0. The molecule has 0 saturated carbocycles. The Bertz CT molecular complexity index is 1060. The van der Waals surface area contributed by atoms with Crippen LogP contribution in [-0.2, 0) is 4.79 Å². The summed E-state index contributed by atoms with van der Waals surface area (Å²) >= 11 is 3.15. The van der Waals surface area contributed by atoms with E-state index < -0.39 is 30.1 Å². The SMILES string of the molecule is O=C(COc1ccccc1C(=O)Nc1ccc(Br)cc1F)Nc1ccccc1F. The predicted octanol–water partition coefficient (Wildman–Crippen LogP) is 5.00. The zero-order valence-electron chi connectivity index (χ0n) is 14.9. The predicted molar refractivity (Wildman–Crippen MR) is 109 cm³/mol. The maximum atomic E-state index is 14.0. The Hall–Kier alpha value is -3.26. The van der Waals surface area contributed by atoms with Gasteiger partial charge in [0, 0.05) is 4.47 Å². The molecule has 0 aromatic heterocycles. The fourth-order valence-corrected chi connectivity index (χ4v) is 2.79. The van der Waals surface area contributed by atoms with Gasteiger partial charge in [-0.25, -0.2) is 8.78 Å².